The number of hydrazone groups is 1. The van der Waals surface area contributed by atoms with Crippen LogP contribution in [0.1, 0.15) is 17.5 Å². The Labute approximate surface area is 144 Å². The van der Waals surface area contributed by atoms with E-state index >= 15 is 0 Å². The fourth-order valence-electron chi connectivity index (χ4n) is 2.22. The number of nitrogens with one attached hydrogen (secondary N) is 2. The van der Waals surface area contributed by atoms with Crippen LogP contribution in [0.4, 0.5) is 0 Å². The molecule has 2 aromatic rings. The van der Waals surface area contributed by atoms with E-state index in [1.807, 2.05) is 30.3 Å². The smallest absolute Gasteiger partial charge is 0.249 e. The molecule has 0 aromatic heterocycles. The van der Waals surface area contributed by atoms with Gasteiger partial charge in [-0.05, 0) is 29.3 Å². The standard InChI is InChI=1S/C18H17N3O4/c22-17(19-10-13-4-2-1-3-5-13)9-18(23)21-20-11-14-6-7-15-16(8-14)25-12-24-15/h1-8,11H,9-10,12H2,(H,19,22)(H,21,23)/b20-11+. The minimum Gasteiger partial charge on any atom is -0.454 e. The molecular weight excluding hydrogens is 322 g/mol. The van der Waals surface area contributed by atoms with Gasteiger partial charge in [0.1, 0.15) is 6.42 Å². The van der Waals surface area contributed by atoms with Crippen molar-refractivity contribution in [3.8, 4) is 11.5 Å². The SMILES string of the molecule is O=C(CC(=O)N/N=C/c1ccc2c(c1)OCO2)NCc1ccccc1. The molecule has 0 saturated carbocycles. The minimum atomic E-state index is -0.484. The van der Waals surface area contributed by atoms with Crippen molar-refractivity contribution < 1.29 is 19.1 Å². The highest BCUT2D eigenvalue weighted by Gasteiger charge is 2.12. The summed E-state index contributed by atoms with van der Waals surface area (Å²) >= 11 is 0. The quantitative estimate of drug-likeness (QED) is 0.475. The van der Waals surface area contributed by atoms with Gasteiger partial charge in [0, 0.05) is 6.54 Å². The van der Waals surface area contributed by atoms with Gasteiger partial charge in [0.05, 0.1) is 6.21 Å². The summed E-state index contributed by atoms with van der Waals surface area (Å²) in [6, 6.07) is 14.8. The summed E-state index contributed by atoms with van der Waals surface area (Å²) in [5.74, 6) is 0.467. The van der Waals surface area contributed by atoms with Crippen LogP contribution in [0.2, 0.25) is 0 Å². The molecule has 0 aliphatic carbocycles. The number of amides is 2. The Morgan fingerprint density at radius 1 is 1.04 bits per heavy atom. The Balaban J connectivity index is 1.42. The number of ether oxygens (including phenoxy) is 2. The second-order valence-corrected chi connectivity index (χ2v) is 5.34. The monoisotopic (exact) mass is 339 g/mol. The Kier molecular flexibility index (Phi) is 5.26. The number of fused-ring (bicyclic) bond motifs is 1. The average molecular weight is 339 g/mol. The van der Waals surface area contributed by atoms with Crippen LogP contribution in [-0.4, -0.2) is 24.8 Å². The van der Waals surface area contributed by atoms with Gasteiger partial charge in [0.25, 0.3) is 0 Å². The van der Waals surface area contributed by atoms with E-state index in [4.69, 9.17) is 9.47 Å². The van der Waals surface area contributed by atoms with Crippen LogP contribution >= 0.6 is 0 Å². The molecule has 7 nitrogen and oxygen atoms in total. The third kappa shape index (κ3) is 4.81. The second-order valence-electron chi connectivity index (χ2n) is 5.34. The number of hydrogen-bond donors (Lipinski definition) is 2. The molecule has 2 amide bonds. The highest BCUT2D eigenvalue weighted by atomic mass is 16.7. The molecule has 7 heteroatoms. The van der Waals surface area contributed by atoms with Gasteiger partial charge in [-0.15, -0.1) is 0 Å². The Morgan fingerprint density at radius 2 is 1.84 bits per heavy atom. The summed E-state index contributed by atoms with van der Waals surface area (Å²) in [6.45, 7) is 0.582. The first-order valence-corrected chi connectivity index (χ1v) is 7.73. The van der Waals surface area contributed by atoms with E-state index in [0.717, 1.165) is 11.1 Å². The predicted molar refractivity (Wildman–Crippen MR) is 91.2 cm³/mol. The first kappa shape index (κ1) is 16.5. The number of benzene rings is 2. The fraction of sp³-hybridized carbons (Fsp3) is 0.167. The van der Waals surface area contributed by atoms with Gasteiger partial charge in [-0.2, -0.15) is 5.10 Å². The molecule has 0 spiro atoms. The van der Waals surface area contributed by atoms with Crippen molar-refractivity contribution in [1.29, 1.82) is 0 Å². The van der Waals surface area contributed by atoms with E-state index in [1.54, 1.807) is 18.2 Å². The molecule has 2 aromatic carbocycles. The summed E-state index contributed by atoms with van der Waals surface area (Å²) in [5.41, 5.74) is 4.04. The molecule has 2 N–H and O–H groups in total. The van der Waals surface area contributed by atoms with E-state index in [1.165, 1.54) is 6.21 Å². The van der Waals surface area contributed by atoms with Crippen LogP contribution in [0, 0.1) is 0 Å². The first-order chi connectivity index (χ1) is 12.2. The zero-order chi connectivity index (χ0) is 17.5. The van der Waals surface area contributed by atoms with Crippen molar-refractivity contribution in [2.24, 2.45) is 5.10 Å². The topological polar surface area (TPSA) is 89.0 Å². The fourth-order valence-corrected chi connectivity index (χ4v) is 2.22. The van der Waals surface area contributed by atoms with Gasteiger partial charge in [0.15, 0.2) is 11.5 Å². The van der Waals surface area contributed by atoms with Crippen molar-refractivity contribution in [2.75, 3.05) is 6.79 Å². The Bertz CT molecular complexity index is 790. The van der Waals surface area contributed by atoms with E-state index in [2.05, 4.69) is 15.8 Å². The van der Waals surface area contributed by atoms with Gasteiger partial charge >= 0.3 is 0 Å². The zero-order valence-electron chi connectivity index (χ0n) is 13.4. The van der Waals surface area contributed by atoms with Gasteiger partial charge in [-0.1, -0.05) is 30.3 Å². The lowest BCUT2D eigenvalue weighted by Gasteiger charge is -2.04. The molecular formula is C18H17N3O4. The second kappa shape index (κ2) is 7.96. The number of nitrogens with zero attached hydrogens (tertiary/aromatic N) is 1. The average Bonchev–Trinajstić information content (AvgIpc) is 3.08. The van der Waals surface area contributed by atoms with E-state index in [0.29, 0.717) is 18.0 Å². The van der Waals surface area contributed by atoms with Gasteiger partial charge in [0.2, 0.25) is 18.6 Å². The van der Waals surface area contributed by atoms with E-state index in [-0.39, 0.29) is 19.1 Å². The highest BCUT2D eigenvalue weighted by Crippen LogP contribution is 2.31. The third-order valence-corrected chi connectivity index (χ3v) is 3.45. The van der Waals surface area contributed by atoms with Crippen molar-refractivity contribution in [2.45, 2.75) is 13.0 Å². The predicted octanol–water partition coefficient (Wildman–Crippen LogP) is 1.57. The Morgan fingerprint density at radius 3 is 2.68 bits per heavy atom. The minimum absolute atomic E-state index is 0.199. The molecule has 1 aliphatic rings. The summed E-state index contributed by atoms with van der Waals surface area (Å²) in [7, 11) is 0. The largest absolute Gasteiger partial charge is 0.454 e. The molecule has 0 bridgehead atoms. The molecule has 0 unspecified atom stereocenters. The normalized spacial score (nSPS) is 12.2. The van der Waals surface area contributed by atoms with Gasteiger partial charge < -0.3 is 14.8 Å². The number of carbonyl (C=O) groups is 2. The van der Waals surface area contributed by atoms with E-state index in [9.17, 15) is 9.59 Å². The summed E-state index contributed by atoms with van der Waals surface area (Å²) in [5, 5.41) is 6.52. The van der Waals surface area contributed by atoms with Crippen molar-refractivity contribution >= 4 is 18.0 Å². The maximum Gasteiger partial charge on any atom is 0.249 e. The van der Waals surface area contributed by atoms with Crippen LogP contribution < -0.4 is 20.2 Å². The van der Waals surface area contributed by atoms with Crippen LogP contribution in [0.3, 0.4) is 0 Å². The van der Waals surface area contributed by atoms with Crippen molar-refractivity contribution in [1.82, 2.24) is 10.7 Å². The van der Waals surface area contributed by atoms with E-state index < -0.39 is 5.91 Å². The summed E-state index contributed by atoms with van der Waals surface area (Å²) in [4.78, 5) is 23.4. The molecule has 0 fully saturated rings. The van der Waals surface area contributed by atoms with Crippen LogP contribution in [-0.2, 0) is 16.1 Å². The van der Waals surface area contributed by atoms with Crippen LogP contribution in [0.15, 0.2) is 53.6 Å². The number of carbonyl (C=O) groups excluding carboxylic acids is 2. The molecule has 25 heavy (non-hydrogen) atoms. The highest BCUT2D eigenvalue weighted by molar-refractivity contribution is 5.97. The summed E-state index contributed by atoms with van der Waals surface area (Å²) < 4.78 is 10.5. The maximum atomic E-state index is 11.7. The zero-order valence-corrected chi connectivity index (χ0v) is 13.4. The molecule has 0 atom stereocenters. The number of hydrogen-bond acceptors (Lipinski definition) is 5. The summed E-state index contributed by atoms with van der Waals surface area (Å²) in [6.07, 6.45) is 1.19. The Hall–Kier alpha value is -3.35. The molecule has 0 radical (unpaired) electrons. The lowest BCUT2D eigenvalue weighted by Crippen LogP contribution is -2.29. The lowest BCUT2D eigenvalue weighted by atomic mass is 10.2. The molecule has 1 aliphatic heterocycles. The molecule has 0 saturated heterocycles. The molecule has 128 valence electrons. The van der Waals surface area contributed by atoms with Gasteiger partial charge in [-0.3, -0.25) is 9.59 Å². The van der Waals surface area contributed by atoms with Crippen molar-refractivity contribution in [3.63, 3.8) is 0 Å². The number of rotatable bonds is 6. The first-order valence-electron chi connectivity index (χ1n) is 7.73. The van der Waals surface area contributed by atoms with Gasteiger partial charge in [-0.25, -0.2) is 5.43 Å². The van der Waals surface area contributed by atoms with Crippen LogP contribution in [0.5, 0.6) is 11.5 Å². The third-order valence-electron chi connectivity index (χ3n) is 3.45. The molecule has 3 rings (SSSR count). The van der Waals surface area contributed by atoms with Crippen LogP contribution in [0.25, 0.3) is 0 Å². The maximum absolute atomic E-state index is 11.7. The van der Waals surface area contributed by atoms with Crippen molar-refractivity contribution in [3.05, 3.63) is 59.7 Å². The lowest BCUT2D eigenvalue weighted by molar-refractivity contribution is -0.129. The molecule has 1 heterocycles.